The van der Waals surface area contributed by atoms with E-state index in [4.69, 9.17) is 14.2 Å². The van der Waals surface area contributed by atoms with Crippen molar-refractivity contribution >= 4 is 5.97 Å². The van der Waals surface area contributed by atoms with Crippen LogP contribution in [-0.2, 0) is 16.0 Å². The van der Waals surface area contributed by atoms with Gasteiger partial charge in [0.05, 0.1) is 28.4 Å². The number of allylic oxidation sites excluding steroid dienone is 3. The monoisotopic (exact) mass is 335 g/mol. The highest BCUT2D eigenvalue weighted by molar-refractivity contribution is 5.82. The molecular formula is C18H25NO5. The van der Waals surface area contributed by atoms with Crippen LogP contribution in [0.15, 0.2) is 36.1 Å². The first-order valence-corrected chi connectivity index (χ1v) is 7.51. The van der Waals surface area contributed by atoms with E-state index >= 15 is 0 Å². The lowest BCUT2D eigenvalue weighted by Gasteiger charge is -2.14. The minimum atomic E-state index is -0.378. The minimum absolute atomic E-state index is 0.378. The maximum Gasteiger partial charge on any atom is 0.330 e. The average molecular weight is 335 g/mol. The van der Waals surface area contributed by atoms with Gasteiger partial charge in [0.25, 0.3) is 0 Å². The molecule has 6 nitrogen and oxygen atoms in total. The van der Waals surface area contributed by atoms with E-state index in [1.165, 1.54) is 13.2 Å². The SMILES string of the molecule is COC(=O)/C=C/C=C(\C)NCCc1cc(OC)c(OC)c(OC)c1. The summed E-state index contributed by atoms with van der Waals surface area (Å²) in [5.74, 6) is 1.48. The van der Waals surface area contributed by atoms with E-state index in [-0.39, 0.29) is 5.97 Å². The van der Waals surface area contributed by atoms with Crippen LogP contribution in [0.1, 0.15) is 12.5 Å². The van der Waals surface area contributed by atoms with Gasteiger partial charge in [-0.3, -0.25) is 0 Å². The van der Waals surface area contributed by atoms with E-state index < -0.39 is 0 Å². The molecular weight excluding hydrogens is 310 g/mol. The summed E-state index contributed by atoms with van der Waals surface area (Å²) in [6, 6.07) is 3.86. The second-order valence-corrected chi connectivity index (χ2v) is 4.94. The Kier molecular flexibility index (Phi) is 8.25. The molecule has 1 N–H and O–H groups in total. The fourth-order valence-corrected chi connectivity index (χ4v) is 2.08. The van der Waals surface area contributed by atoms with Crippen LogP contribution in [-0.4, -0.2) is 41.0 Å². The topological polar surface area (TPSA) is 66.0 Å². The lowest BCUT2D eigenvalue weighted by Crippen LogP contribution is -2.14. The molecule has 0 spiro atoms. The third-order valence-corrected chi connectivity index (χ3v) is 3.32. The van der Waals surface area contributed by atoms with Crippen LogP contribution in [0.5, 0.6) is 17.2 Å². The summed E-state index contributed by atoms with van der Waals surface area (Å²) in [4.78, 5) is 11.0. The molecule has 0 aromatic heterocycles. The number of carbonyl (C=O) groups excluding carboxylic acids is 1. The van der Waals surface area contributed by atoms with Crippen molar-refractivity contribution in [1.82, 2.24) is 5.32 Å². The van der Waals surface area contributed by atoms with Crippen molar-refractivity contribution < 1.29 is 23.7 Å². The smallest absolute Gasteiger partial charge is 0.330 e. The number of rotatable bonds is 9. The van der Waals surface area contributed by atoms with Crippen molar-refractivity contribution in [2.75, 3.05) is 35.0 Å². The Morgan fingerprint density at radius 1 is 1.08 bits per heavy atom. The zero-order valence-electron chi connectivity index (χ0n) is 14.8. The number of nitrogens with one attached hydrogen (secondary N) is 1. The summed E-state index contributed by atoms with van der Waals surface area (Å²) in [5.41, 5.74) is 2.01. The molecule has 0 radical (unpaired) electrons. The second-order valence-electron chi connectivity index (χ2n) is 4.94. The molecule has 1 aromatic carbocycles. The Bertz CT molecular complexity index is 582. The number of hydrogen-bond acceptors (Lipinski definition) is 6. The van der Waals surface area contributed by atoms with Crippen LogP contribution in [0, 0.1) is 0 Å². The van der Waals surface area contributed by atoms with E-state index in [1.807, 2.05) is 25.1 Å². The molecule has 0 bridgehead atoms. The van der Waals surface area contributed by atoms with Crippen LogP contribution in [0.4, 0.5) is 0 Å². The highest BCUT2D eigenvalue weighted by Crippen LogP contribution is 2.38. The van der Waals surface area contributed by atoms with Crippen molar-refractivity contribution in [3.05, 3.63) is 41.6 Å². The first-order chi connectivity index (χ1) is 11.5. The van der Waals surface area contributed by atoms with Gasteiger partial charge in [-0.2, -0.15) is 0 Å². The van der Waals surface area contributed by atoms with Gasteiger partial charge in [-0.25, -0.2) is 4.79 Å². The normalized spacial score (nSPS) is 11.3. The Morgan fingerprint density at radius 3 is 2.21 bits per heavy atom. The summed E-state index contributed by atoms with van der Waals surface area (Å²) in [5, 5.41) is 3.27. The first-order valence-electron chi connectivity index (χ1n) is 7.51. The highest BCUT2D eigenvalue weighted by Gasteiger charge is 2.12. The second kappa shape index (κ2) is 10.2. The quantitative estimate of drug-likeness (QED) is 0.425. The van der Waals surface area contributed by atoms with Gasteiger partial charge in [0.15, 0.2) is 11.5 Å². The summed E-state index contributed by atoms with van der Waals surface area (Å²) in [6.07, 6.45) is 5.60. The molecule has 0 heterocycles. The molecule has 0 unspecified atom stereocenters. The molecule has 0 aliphatic rings. The maximum atomic E-state index is 11.0. The highest BCUT2D eigenvalue weighted by atomic mass is 16.5. The van der Waals surface area contributed by atoms with Gasteiger partial charge in [0.1, 0.15) is 0 Å². The lowest BCUT2D eigenvalue weighted by atomic mass is 10.1. The van der Waals surface area contributed by atoms with E-state index in [0.717, 1.165) is 24.2 Å². The molecule has 0 amide bonds. The third-order valence-electron chi connectivity index (χ3n) is 3.32. The third kappa shape index (κ3) is 5.87. The molecule has 0 saturated carbocycles. The van der Waals surface area contributed by atoms with Gasteiger partial charge in [-0.05, 0) is 37.1 Å². The number of benzene rings is 1. The number of ether oxygens (including phenoxy) is 4. The van der Waals surface area contributed by atoms with Crippen molar-refractivity contribution in [2.24, 2.45) is 0 Å². The Labute approximate surface area is 143 Å². The first kappa shape index (κ1) is 19.4. The van der Waals surface area contributed by atoms with Crippen molar-refractivity contribution in [2.45, 2.75) is 13.3 Å². The Hall–Kier alpha value is -2.63. The van der Waals surface area contributed by atoms with Gasteiger partial charge in [-0.15, -0.1) is 0 Å². The summed E-state index contributed by atoms with van der Waals surface area (Å²) in [6.45, 7) is 2.66. The summed E-state index contributed by atoms with van der Waals surface area (Å²) < 4.78 is 20.5. The van der Waals surface area contributed by atoms with E-state index in [1.54, 1.807) is 27.4 Å². The fraction of sp³-hybridized carbons (Fsp3) is 0.389. The molecule has 0 fully saturated rings. The van der Waals surface area contributed by atoms with Crippen molar-refractivity contribution in [3.8, 4) is 17.2 Å². The van der Waals surface area contributed by atoms with Crippen molar-refractivity contribution in [1.29, 1.82) is 0 Å². The molecule has 0 saturated heterocycles. The standard InChI is InChI=1S/C18H25NO5/c1-13(7-6-8-17(20)23-4)19-10-9-14-11-15(21-2)18(24-5)16(12-14)22-3/h6-8,11-12,19H,9-10H2,1-5H3/b8-6+,13-7+. The summed E-state index contributed by atoms with van der Waals surface area (Å²) >= 11 is 0. The molecule has 1 aromatic rings. The fourth-order valence-electron chi connectivity index (χ4n) is 2.08. The van der Waals surface area contributed by atoms with Gasteiger partial charge in [0, 0.05) is 18.3 Å². The number of carbonyl (C=O) groups is 1. The number of esters is 1. The average Bonchev–Trinajstić information content (AvgIpc) is 2.60. The van der Waals surface area contributed by atoms with Crippen LogP contribution >= 0.6 is 0 Å². The predicted octanol–water partition coefficient (Wildman–Crippen LogP) is 2.48. The molecule has 132 valence electrons. The van der Waals surface area contributed by atoms with Crippen molar-refractivity contribution in [3.63, 3.8) is 0 Å². The number of hydrogen-bond donors (Lipinski definition) is 1. The molecule has 0 atom stereocenters. The van der Waals surface area contributed by atoms with Gasteiger partial charge in [-0.1, -0.05) is 6.08 Å². The zero-order valence-corrected chi connectivity index (χ0v) is 14.8. The molecule has 1 rings (SSSR count). The number of methoxy groups -OCH3 is 4. The Morgan fingerprint density at radius 2 is 1.71 bits per heavy atom. The minimum Gasteiger partial charge on any atom is -0.493 e. The summed E-state index contributed by atoms with van der Waals surface area (Å²) in [7, 11) is 6.12. The van der Waals surface area contributed by atoms with Gasteiger partial charge < -0.3 is 24.3 Å². The molecule has 24 heavy (non-hydrogen) atoms. The predicted molar refractivity (Wildman–Crippen MR) is 92.7 cm³/mol. The van der Waals surface area contributed by atoms with Gasteiger partial charge in [0.2, 0.25) is 5.75 Å². The lowest BCUT2D eigenvalue weighted by molar-refractivity contribution is -0.134. The molecule has 6 heteroatoms. The van der Waals surface area contributed by atoms with Crippen LogP contribution < -0.4 is 19.5 Å². The van der Waals surface area contributed by atoms with E-state index in [2.05, 4.69) is 10.1 Å². The van der Waals surface area contributed by atoms with Crippen LogP contribution in [0.2, 0.25) is 0 Å². The van der Waals surface area contributed by atoms with E-state index in [0.29, 0.717) is 17.2 Å². The largest absolute Gasteiger partial charge is 0.493 e. The van der Waals surface area contributed by atoms with Gasteiger partial charge >= 0.3 is 5.97 Å². The van der Waals surface area contributed by atoms with E-state index in [9.17, 15) is 4.79 Å². The van der Waals surface area contributed by atoms with Crippen LogP contribution in [0.3, 0.4) is 0 Å². The molecule has 0 aliphatic heterocycles. The zero-order chi connectivity index (χ0) is 17.9. The molecule has 0 aliphatic carbocycles. The maximum absolute atomic E-state index is 11.0. The van der Waals surface area contributed by atoms with Crippen LogP contribution in [0.25, 0.3) is 0 Å². The Balaban J connectivity index is 2.66.